The molecule has 1 aromatic rings. The lowest BCUT2D eigenvalue weighted by Crippen LogP contribution is -2.24. The molecule has 4 nitrogen and oxygen atoms in total. The third-order valence-electron chi connectivity index (χ3n) is 3.46. The van der Waals surface area contributed by atoms with Gasteiger partial charge in [0.25, 0.3) is 0 Å². The smallest absolute Gasteiger partial charge is 0.216 e. The molecule has 0 aromatic heterocycles. The van der Waals surface area contributed by atoms with E-state index in [1.807, 2.05) is 18.2 Å². The third kappa shape index (κ3) is 2.74. The van der Waals surface area contributed by atoms with E-state index >= 15 is 0 Å². The van der Waals surface area contributed by atoms with Gasteiger partial charge in [0.05, 0.1) is 21.3 Å². The van der Waals surface area contributed by atoms with Gasteiger partial charge >= 0.3 is 0 Å². The highest BCUT2D eigenvalue weighted by Crippen LogP contribution is 2.22. The van der Waals surface area contributed by atoms with Crippen LogP contribution in [0.1, 0.15) is 38.8 Å². The van der Waals surface area contributed by atoms with Crippen molar-refractivity contribution >= 4 is 27.2 Å². The molecule has 1 aromatic carbocycles. The van der Waals surface area contributed by atoms with E-state index in [1.54, 1.807) is 0 Å². The number of hydrogen-bond acceptors (Lipinski definition) is 4. The molecule has 0 saturated heterocycles. The van der Waals surface area contributed by atoms with E-state index in [1.165, 1.54) is 0 Å². The summed E-state index contributed by atoms with van der Waals surface area (Å²) < 4.78 is 11.5. The van der Waals surface area contributed by atoms with Gasteiger partial charge in [-0.1, -0.05) is 6.07 Å². The average Bonchev–Trinajstić information content (AvgIpc) is 2.92. The highest BCUT2D eigenvalue weighted by molar-refractivity contribution is 6.40. The third-order valence-corrected chi connectivity index (χ3v) is 4.00. The Morgan fingerprint density at radius 3 is 1.67 bits per heavy atom. The van der Waals surface area contributed by atoms with Gasteiger partial charge in [-0.25, -0.2) is 9.98 Å². The second-order valence-corrected chi connectivity index (χ2v) is 7.26. The van der Waals surface area contributed by atoms with Gasteiger partial charge in [0.15, 0.2) is 0 Å². The lowest BCUT2D eigenvalue weighted by atomic mass is 10.1. The van der Waals surface area contributed by atoms with Crippen LogP contribution in [0.2, 0.25) is 0 Å². The van der Waals surface area contributed by atoms with Crippen molar-refractivity contribution in [1.29, 1.82) is 0 Å². The first-order chi connectivity index (χ1) is 9.77. The van der Waals surface area contributed by atoms with Crippen molar-refractivity contribution in [3.63, 3.8) is 0 Å². The number of aliphatic imine (C=N–C) groups is 2. The Kier molecular flexibility index (Phi) is 3.20. The summed E-state index contributed by atoms with van der Waals surface area (Å²) in [6, 6.07) is 5.96. The van der Waals surface area contributed by atoms with Crippen LogP contribution in [0.3, 0.4) is 0 Å². The van der Waals surface area contributed by atoms with Crippen molar-refractivity contribution in [3.8, 4) is 0 Å². The van der Waals surface area contributed by atoms with Gasteiger partial charge in [0.2, 0.25) is 11.8 Å². The van der Waals surface area contributed by atoms with E-state index in [0.29, 0.717) is 25.0 Å². The lowest BCUT2D eigenvalue weighted by molar-refractivity contribution is 0.279. The first kappa shape index (κ1) is 14.3. The number of nitrogens with zero attached hydrogens (tertiary/aromatic N) is 2. The molecule has 0 atom stereocenters. The molecule has 0 aliphatic carbocycles. The normalized spacial score (nSPS) is 22.3. The van der Waals surface area contributed by atoms with Crippen LogP contribution in [0.25, 0.3) is 0 Å². The molecule has 0 amide bonds. The second-order valence-electron chi connectivity index (χ2n) is 6.76. The predicted molar refractivity (Wildman–Crippen MR) is 85.0 cm³/mol. The van der Waals surface area contributed by atoms with Crippen LogP contribution in [0.5, 0.6) is 0 Å². The molecule has 0 spiro atoms. The zero-order valence-electron chi connectivity index (χ0n) is 12.9. The van der Waals surface area contributed by atoms with Crippen LogP contribution >= 0.6 is 0 Å². The Balaban J connectivity index is 2.01. The molecule has 2 heterocycles. The fourth-order valence-corrected chi connectivity index (χ4v) is 2.73. The fourth-order valence-electron chi connectivity index (χ4n) is 2.35. The van der Waals surface area contributed by atoms with Crippen molar-refractivity contribution in [2.24, 2.45) is 9.98 Å². The molecule has 0 fully saturated rings. The van der Waals surface area contributed by atoms with E-state index in [2.05, 4.69) is 47.9 Å². The van der Waals surface area contributed by atoms with Crippen LogP contribution in [0, 0.1) is 0 Å². The largest absolute Gasteiger partial charge is 0.475 e. The second kappa shape index (κ2) is 4.70. The minimum atomic E-state index is -0.173. The van der Waals surface area contributed by atoms with E-state index in [0.717, 1.165) is 16.3 Å². The van der Waals surface area contributed by atoms with Crippen molar-refractivity contribution in [2.45, 2.75) is 38.8 Å². The molecule has 0 N–H and O–H groups in total. The summed E-state index contributed by atoms with van der Waals surface area (Å²) in [5.41, 5.74) is 1.53. The van der Waals surface area contributed by atoms with Gasteiger partial charge in [0.1, 0.15) is 13.2 Å². The number of benzene rings is 1. The van der Waals surface area contributed by atoms with Crippen molar-refractivity contribution in [1.82, 2.24) is 0 Å². The van der Waals surface area contributed by atoms with Crippen LogP contribution in [-0.2, 0) is 9.47 Å². The first-order valence-corrected chi connectivity index (χ1v) is 7.58. The molecule has 2 aliphatic heterocycles. The maximum absolute atomic E-state index is 5.73. The molecule has 0 unspecified atom stereocenters. The van der Waals surface area contributed by atoms with E-state index < -0.39 is 0 Å². The van der Waals surface area contributed by atoms with Crippen molar-refractivity contribution < 1.29 is 9.47 Å². The number of ether oxygens (including phenoxy) is 2. The summed E-state index contributed by atoms with van der Waals surface area (Å²) in [4.78, 5) is 9.26. The molecular weight excluding hydrogens is 280 g/mol. The molecule has 0 bridgehead atoms. The summed E-state index contributed by atoms with van der Waals surface area (Å²) in [7, 11) is 3.71. The zero-order chi connectivity index (χ0) is 15.3. The van der Waals surface area contributed by atoms with Crippen LogP contribution in [0.4, 0.5) is 0 Å². The van der Waals surface area contributed by atoms with Crippen LogP contribution in [0.15, 0.2) is 28.2 Å². The SMILES string of the molecule is CC1(C)COC(c2cccc(C3=NC(C)(C)CO3)c2[Si])=N1. The molecule has 0 saturated carbocycles. The highest BCUT2D eigenvalue weighted by atomic mass is 28.1. The fraction of sp³-hybridized carbons (Fsp3) is 0.500. The molecular formula is C16H19N2O2Si. The molecule has 5 heteroatoms. The maximum atomic E-state index is 5.73. The molecule has 2 aliphatic rings. The Hall–Kier alpha value is -1.62. The van der Waals surface area contributed by atoms with Crippen LogP contribution < -0.4 is 5.19 Å². The Morgan fingerprint density at radius 2 is 1.33 bits per heavy atom. The van der Waals surface area contributed by atoms with Gasteiger partial charge in [-0.05, 0) is 45.0 Å². The van der Waals surface area contributed by atoms with Crippen LogP contribution in [-0.4, -0.2) is 46.3 Å². The van der Waals surface area contributed by atoms with Gasteiger partial charge in [0, 0.05) is 11.1 Å². The Bertz CT molecular complexity index is 595. The molecule has 109 valence electrons. The van der Waals surface area contributed by atoms with E-state index in [9.17, 15) is 0 Å². The highest BCUT2D eigenvalue weighted by Gasteiger charge is 2.30. The summed E-state index contributed by atoms with van der Waals surface area (Å²) in [6.07, 6.45) is 0. The summed E-state index contributed by atoms with van der Waals surface area (Å²) >= 11 is 0. The number of hydrogen-bond donors (Lipinski definition) is 0. The summed E-state index contributed by atoms with van der Waals surface area (Å²) in [6.45, 7) is 9.44. The standard InChI is InChI=1S/C16H19N2O2Si/c1-15(2)8-19-13(17-15)10-6-5-7-11(12(10)21)14-18-16(3,4)9-20-14/h5-7H,8-9H2,1-4H3. The first-order valence-electron chi connectivity index (χ1n) is 7.08. The van der Waals surface area contributed by atoms with Gasteiger partial charge in [-0.2, -0.15) is 0 Å². The zero-order valence-corrected chi connectivity index (χ0v) is 13.9. The molecule has 21 heavy (non-hydrogen) atoms. The minimum absolute atomic E-state index is 0.173. The maximum Gasteiger partial charge on any atom is 0.216 e. The quantitative estimate of drug-likeness (QED) is 0.778. The predicted octanol–water partition coefficient (Wildman–Crippen LogP) is 1.59. The van der Waals surface area contributed by atoms with E-state index in [-0.39, 0.29) is 11.1 Å². The topological polar surface area (TPSA) is 43.2 Å². The molecule has 3 rings (SSSR count). The molecule has 3 radical (unpaired) electrons. The summed E-state index contributed by atoms with van der Waals surface area (Å²) in [5, 5.41) is 0.908. The number of rotatable bonds is 2. The van der Waals surface area contributed by atoms with Gasteiger partial charge < -0.3 is 9.47 Å². The Morgan fingerprint density at radius 1 is 0.905 bits per heavy atom. The lowest BCUT2D eigenvalue weighted by Gasteiger charge is -2.10. The van der Waals surface area contributed by atoms with E-state index in [4.69, 9.17) is 9.47 Å². The Labute approximate surface area is 128 Å². The van der Waals surface area contributed by atoms with Crippen molar-refractivity contribution in [2.75, 3.05) is 13.2 Å². The average molecular weight is 299 g/mol. The van der Waals surface area contributed by atoms with Gasteiger partial charge in [-0.15, -0.1) is 0 Å². The summed E-state index contributed by atoms with van der Waals surface area (Å²) in [5.74, 6) is 1.34. The van der Waals surface area contributed by atoms with Gasteiger partial charge in [-0.3, -0.25) is 0 Å². The monoisotopic (exact) mass is 299 g/mol. The van der Waals surface area contributed by atoms with Crippen molar-refractivity contribution in [3.05, 3.63) is 29.3 Å². The minimum Gasteiger partial charge on any atom is -0.475 e.